The quantitative estimate of drug-likeness (QED) is 0.613. The SMILES string of the molecule is Cc1ccc(C)c(NC2=C(c3cccs3)C(=O)N(c3cc(F)ccc3F)C2=O)c1. The highest BCUT2D eigenvalue weighted by Crippen LogP contribution is 2.37. The van der Waals surface area contributed by atoms with Gasteiger partial charge in [-0.1, -0.05) is 18.2 Å². The van der Waals surface area contributed by atoms with Crippen LogP contribution in [0.15, 0.2) is 59.6 Å². The Balaban J connectivity index is 1.85. The number of rotatable bonds is 4. The second-order valence-corrected chi connectivity index (χ2v) is 7.66. The molecule has 0 radical (unpaired) electrons. The fourth-order valence-corrected chi connectivity index (χ4v) is 3.94. The van der Waals surface area contributed by atoms with E-state index in [-0.39, 0.29) is 11.3 Å². The van der Waals surface area contributed by atoms with E-state index in [1.165, 1.54) is 11.3 Å². The first kappa shape index (κ1) is 19.0. The van der Waals surface area contributed by atoms with E-state index in [1.807, 2.05) is 32.0 Å². The number of carbonyl (C=O) groups is 2. The van der Waals surface area contributed by atoms with E-state index in [4.69, 9.17) is 0 Å². The van der Waals surface area contributed by atoms with Crippen molar-refractivity contribution >= 4 is 40.1 Å². The van der Waals surface area contributed by atoms with Crippen molar-refractivity contribution in [1.82, 2.24) is 0 Å². The molecule has 29 heavy (non-hydrogen) atoms. The van der Waals surface area contributed by atoms with Crippen molar-refractivity contribution in [1.29, 1.82) is 0 Å². The smallest absolute Gasteiger partial charge is 0.282 e. The van der Waals surface area contributed by atoms with Crippen LogP contribution in [0.4, 0.5) is 20.2 Å². The van der Waals surface area contributed by atoms with Crippen LogP contribution in [0.5, 0.6) is 0 Å². The molecule has 1 aliphatic rings. The molecule has 4 nitrogen and oxygen atoms in total. The van der Waals surface area contributed by atoms with Crippen LogP contribution in [0, 0.1) is 25.5 Å². The van der Waals surface area contributed by atoms with Gasteiger partial charge in [0.1, 0.15) is 17.3 Å². The molecule has 0 aliphatic carbocycles. The number of benzene rings is 2. The fraction of sp³-hybridized carbons (Fsp3) is 0.0909. The molecule has 2 aromatic carbocycles. The van der Waals surface area contributed by atoms with Crippen molar-refractivity contribution in [3.63, 3.8) is 0 Å². The summed E-state index contributed by atoms with van der Waals surface area (Å²) in [5.74, 6) is -3.03. The van der Waals surface area contributed by atoms with Gasteiger partial charge < -0.3 is 5.32 Å². The van der Waals surface area contributed by atoms with Crippen LogP contribution in [-0.2, 0) is 9.59 Å². The monoisotopic (exact) mass is 410 g/mol. The number of carbonyl (C=O) groups excluding carboxylic acids is 2. The average Bonchev–Trinajstić information content (AvgIpc) is 3.28. The number of anilines is 2. The van der Waals surface area contributed by atoms with Gasteiger partial charge in [0.25, 0.3) is 11.8 Å². The first-order chi connectivity index (χ1) is 13.9. The number of hydrogen-bond acceptors (Lipinski definition) is 4. The summed E-state index contributed by atoms with van der Waals surface area (Å²) in [6.07, 6.45) is 0. The summed E-state index contributed by atoms with van der Waals surface area (Å²) in [6.45, 7) is 3.79. The van der Waals surface area contributed by atoms with Gasteiger partial charge in [0.15, 0.2) is 0 Å². The lowest BCUT2D eigenvalue weighted by Gasteiger charge is -2.16. The zero-order valence-corrected chi connectivity index (χ0v) is 16.4. The van der Waals surface area contributed by atoms with Crippen molar-refractivity contribution in [2.24, 2.45) is 0 Å². The van der Waals surface area contributed by atoms with E-state index < -0.39 is 29.1 Å². The lowest BCUT2D eigenvalue weighted by molar-refractivity contribution is -0.120. The molecule has 2 heterocycles. The van der Waals surface area contributed by atoms with Gasteiger partial charge in [0, 0.05) is 16.6 Å². The van der Waals surface area contributed by atoms with Crippen LogP contribution in [-0.4, -0.2) is 11.8 Å². The van der Waals surface area contributed by atoms with Gasteiger partial charge in [-0.3, -0.25) is 9.59 Å². The third kappa shape index (κ3) is 3.34. The lowest BCUT2D eigenvalue weighted by Crippen LogP contribution is -2.33. The molecule has 1 aromatic heterocycles. The van der Waals surface area contributed by atoms with E-state index in [2.05, 4.69) is 5.32 Å². The molecule has 0 spiro atoms. The van der Waals surface area contributed by atoms with Crippen LogP contribution in [0.3, 0.4) is 0 Å². The molecule has 0 saturated carbocycles. The molecule has 4 rings (SSSR count). The highest BCUT2D eigenvalue weighted by atomic mass is 32.1. The van der Waals surface area contributed by atoms with E-state index in [0.717, 1.165) is 29.3 Å². The van der Waals surface area contributed by atoms with E-state index in [0.29, 0.717) is 15.5 Å². The van der Waals surface area contributed by atoms with Gasteiger partial charge in [-0.2, -0.15) is 0 Å². The summed E-state index contributed by atoms with van der Waals surface area (Å²) >= 11 is 1.29. The van der Waals surface area contributed by atoms with Crippen molar-refractivity contribution in [2.45, 2.75) is 13.8 Å². The third-order valence-corrected chi connectivity index (χ3v) is 5.54. The molecule has 0 unspecified atom stereocenters. The number of nitrogens with zero attached hydrogens (tertiary/aromatic N) is 1. The summed E-state index contributed by atoms with van der Waals surface area (Å²) < 4.78 is 28.1. The predicted octanol–water partition coefficient (Wildman–Crippen LogP) is 5.04. The number of hydrogen-bond donors (Lipinski definition) is 1. The summed E-state index contributed by atoms with van der Waals surface area (Å²) in [5, 5.41) is 4.84. The molecule has 2 amide bonds. The maximum atomic E-state index is 14.4. The van der Waals surface area contributed by atoms with Gasteiger partial charge in [-0.05, 0) is 54.6 Å². The van der Waals surface area contributed by atoms with Crippen LogP contribution in [0.2, 0.25) is 0 Å². The van der Waals surface area contributed by atoms with Crippen LogP contribution < -0.4 is 10.2 Å². The largest absolute Gasteiger partial charge is 0.350 e. The molecular formula is C22H16F2N2O2S. The molecule has 1 aliphatic heterocycles. The molecular weight excluding hydrogens is 394 g/mol. The second kappa shape index (κ2) is 7.25. The Morgan fingerprint density at radius 3 is 2.48 bits per heavy atom. The molecule has 7 heteroatoms. The normalized spacial score (nSPS) is 14.1. The van der Waals surface area contributed by atoms with Crippen molar-refractivity contribution in [2.75, 3.05) is 10.2 Å². The zero-order chi connectivity index (χ0) is 20.7. The average molecular weight is 410 g/mol. The minimum atomic E-state index is -0.855. The number of imide groups is 1. The Morgan fingerprint density at radius 1 is 0.966 bits per heavy atom. The number of aryl methyl sites for hydroxylation is 2. The first-order valence-electron chi connectivity index (χ1n) is 8.83. The Hall–Kier alpha value is -3.32. The maximum Gasteiger partial charge on any atom is 0.282 e. The van der Waals surface area contributed by atoms with Gasteiger partial charge in [-0.15, -0.1) is 11.3 Å². The summed E-state index contributed by atoms with van der Waals surface area (Å²) in [7, 11) is 0. The Kier molecular flexibility index (Phi) is 4.76. The van der Waals surface area contributed by atoms with E-state index in [9.17, 15) is 18.4 Å². The summed E-state index contributed by atoms with van der Waals surface area (Å²) in [6, 6.07) is 11.8. The minimum Gasteiger partial charge on any atom is -0.350 e. The van der Waals surface area contributed by atoms with Crippen molar-refractivity contribution < 1.29 is 18.4 Å². The van der Waals surface area contributed by atoms with Gasteiger partial charge in [0.05, 0.1) is 11.3 Å². The molecule has 0 atom stereocenters. The molecule has 0 saturated heterocycles. The highest BCUT2D eigenvalue weighted by Gasteiger charge is 2.42. The number of nitrogens with one attached hydrogen (secondary N) is 1. The molecule has 3 aromatic rings. The Morgan fingerprint density at radius 2 is 1.76 bits per heavy atom. The van der Waals surface area contributed by atoms with Crippen LogP contribution >= 0.6 is 11.3 Å². The molecule has 0 fully saturated rings. The predicted molar refractivity (Wildman–Crippen MR) is 110 cm³/mol. The fourth-order valence-electron chi connectivity index (χ4n) is 3.18. The molecule has 1 N–H and O–H groups in total. The first-order valence-corrected chi connectivity index (χ1v) is 9.71. The number of amides is 2. The van der Waals surface area contributed by atoms with E-state index >= 15 is 0 Å². The standard InChI is InChI=1S/C22H16F2N2O2S/c1-12-5-6-13(2)16(10-12)25-20-19(18-4-3-9-29-18)21(27)26(22(20)28)17-11-14(23)7-8-15(17)24/h3-11,25H,1-2H3. The highest BCUT2D eigenvalue weighted by molar-refractivity contribution is 7.11. The zero-order valence-electron chi connectivity index (χ0n) is 15.6. The molecule has 146 valence electrons. The van der Waals surface area contributed by atoms with E-state index in [1.54, 1.807) is 17.5 Å². The maximum absolute atomic E-state index is 14.4. The minimum absolute atomic E-state index is 0.0369. The van der Waals surface area contributed by atoms with Crippen molar-refractivity contribution in [3.8, 4) is 0 Å². The van der Waals surface area contributed by atoms with Gasteiger partial charge in [-0.25, -0.2) is 13.7 Å². The Labute approximate surface area is 170 Å². The molecule has 0 bridgehead atoms. The van der Waals surface area contributed by atoms with Gasteiger partial charge >= 0.3 is 0 Å². The Bertz CT molecular complexity index is 1170. The second-order valence-electron chi connectivity index (χ2n) is 6.71. The summed E-state index contributed by atoms with van der Waals surface area (Å²) in [4.78, 5) is 27.6. The lowest BCUT2D eigenvalue weighted by atomic mass is 10.1. The van der Waals surface area contributed by atoms with Crippen LogP contribution in [0.25, 0.3) is 5.57 Å². The van der Waals surface area contributed by atoms with Gasteiger partial charge in [0.2, 0.25) is 0 Å². The number of halogens is 2. The number of thiophene rings is 1. The summed E-state index contributed by atoms with van der Waals surface area (Å²) in [5.41, 5.74) is 2.28. The topological polar surface area (TPSA) is 49.4 Å². The third-order valence-electron chi connectivity index (χ3n) is 4.65. The van der Waals surface area contributed by atoms with Crippen molar-refractivity contribution in [3.05, 3.63) is 87.2 Å². The van der Waals surface area contributed by atoms with Crippen LogP contribution in [0.1, 0.15) is 16.0 Å².